The summed E-state index contributed by atoms with van der Waals surface area (Å²) in [7, 11) is -3.94. The molecule has 5 nitrogen and oxygen atoms in total. The number of fused-ring (bicyclic) bond motifs is 1. The lowest BCUT2D eigenvalue weighted by Crippen LogP contribution is -2.34. The Labute approximate surface area is 147 Å². The van der Waals surface area contributed by atoms with Crippen LogP contribution in [0.4, 0.5) is 10.1 Å². The molecule has 3 rings (SSSR count). The predicted octanol–water partition coefficient (Wildman–Crippen LogP) is 3.77. The second-order valence-electron chi connectivity index (χ2n) is 7.02. The second-order valence-corrected chi connectivity index (χ2v) is 8.79. The SMILES string of the molecule is Cc1cc2ncc(F)c(N3CCC(CCP(=O)(O)O)CC3)c2cc1C. The van der Waals surface area contributed by atoms with Crippen LogP contribution in [0.15, 0.2) is 18.3 Å². The second kappa shape index (κ2) is 7.02. The molecule has 1 aliphatic rings. The fourth-order valence-electron chi connectivity index (χ4n) is 3.53. The van der Waals surface area contributed by atoms with E-state index in [4.69, 9.17) is 9.79 Å². The van der Waals surface area contributed by atoms with Crippen LogP contribution in [0.3, 0.4) is 0 Å². The molecule has 2 heterocycles. The van der Waals surface area contributed by atoms with Gasteiger partial charge < -0.3 is 14.7 Å². The van der Waals surface area contributed by atoms with Crippen LogP contribution >= 0.6 is 7.60 Å². The van der Waals surface area contributed by atoms with Crippen molar-refractivity contribution in [2.45, 2.75) is 33.1 Å². The van der Waals surface area contributed by atoms with E-state index in [9.17, 15) is 8.96 Å². The van der Waals surface area contributed by atoms with Crippen molar-refractivity contribution in [2.24, 2.45) is 5.92 Å². The van der Waals surface area contributed by atoms with Crippen LogP contribution in [0.2, 0.25) is 0 Å². The van der Waals surface area contributed by atoms with E-state index in [2.05, 4.69) is 4.98 Å². The molecule has 1 fully saturated rings. The van der Waals surface area contributed by atoms with Gasteiger partial charge in [-0.05, 0) is 62.3 Å². The van der Waals surface area contributed by atoms with Gasteiger partial charge in [0.25, 0.3) is 0 Å². The van der Waals surface area contributed by atoms with E-state index in [0.29, 0.717) is 25.2 Å². The first-order valence-electron chi connectivity index (χ1n) is 8.59. The van der Waals surface area contributed by atoms with Crippen molar-refractivity contribution < 1.29 is 18.7 Å². The first-order valence-corrected chi connectivity index (χ1v) is 10.4. The highest BCUT2D eigenvalue weighted by atomic mass is 31.2. The van der Waals surface area contributed by atoms with E-state index >= 15 is 0 Å². The number of anilines is 1. The molecule has 0 amide bonds. The largest absolute Gasteiger partial charge is 0.369 e. The Balaban J connectivity index is 1.80. The van der Waals surface area contributed by atoms with Gasteiger partial charge in [-0.15, -0.1) is 0 Å². The summed E-state index contributed by atoms with van der Waals surface area (Å²) >= 11 is 0. The van der Waals surface area contributed by atoms with Gasteiger partial charge in [-0.1, -0.05) is 0 Å². The molecule has 1 aliphatic heterocycles. The van der Waals surface area contributed by atoms with Gasteiger partial charge in [0.1, 0.15) is 0 Å². The number of pyridine rings is 1. The molecular formula is C18H24FN2O3P. The van der Waals surface area contributed by atoms with E-state index in [0.717, 1.165) is 34.9 Å². The number of aryl methyl sites for hydroxylation is 2. The Kier molecular flexibility index (Phi) is 5.14. The lowest BCUT2D eigenvalue weighted by atomic mass is 9.93. The minimum absolute atomic E-state index is 0.0668. The molecule has 1 saturated heterocycles. The number of rotatable bonds is 4. The van der Waals surface area contributed by atoms with Gasteiger partial charge in [0, 0.05) is 18.5 Å². The highest BCUT2D eigenvalue weighted by Crippen LogP contribution is 2.39. The third-order valence-corrected chi connectivity index (χ3v) is 6.01. The molecule has 0 bridgehead atoms. The Bertz CT molecular complexity index is 829. The maximum atomic E-state index is 14.5. The van der Waals surface area contributed by atoms with Gasteiger partial charge in [-0.3, -0.25) is 9.55 Å². The monoisotopic (exact) mass is 366 g/mol. The fourth-order valence-corrected chi connectivity index (χ4v) is 4.23. The maximum Gasteiger partial charge on any atom is 0.325 e. The van der Waals surface area contributed by atoms with Crippen LogP contribution in [0, 0.1) is 25.6 Å². The van der Waals surface area contributed by atoms with Gasteiger partial charge in [0.05, 0.1) is 23.6 Å². The van der Waals surface area contributed by atoms with Gasteiger partial charge >= 0.3 is 7.60 Å². The number of aromatic nitrogens is 1. The molecule has 2 aromatic rings. The molecule has 0 atom stereocenters. The lowest BCUT2D eigenvalue weighted by molar-refractivity contribution is 0.350. The fraction of sp³-hybridized carbons (Fsp3) is 0.500. The minimum atomic E-state index is -3.94. The highest BCUT2D eigenvalue weighted by molar-refractivity contribution is 7.51. The smallest absolute Gasteiger partial charge is 0.325 e. The summed E-state index contributed by atoms with van der Waals surface area (Å²) in [5.74, 6) is -0.0339. The summed E-state index contributed by atoms with van der Waals surface area (Å²) in [6.07, 6.45) is 3.37. The van der Waals surface area contributed by atoms with Gasteiger partial charge in [0.2, 0.25) is 0 Å². The Morgan fingerprint density at radius 3 is 2.52 bits per heavy atom. The summed E-state index contributed by atoms with van der Waals surface area (Å²) in [6.45, 7) is 5.41. The highest BCUT2D eigenvalue weighted by Gasteiger charge is 2.25. The maximum absolute atomic E-state index is 14.5. The summed E-state index contributed by atoms with van der Waals surface area (Å²) < 4.78 is 25.6. The van der Waals surface area contributed by atoms with Crippen molar-refractivity contribution in [1.29, 1.82) is 0 Å². The van der Waals surface area contributed by atoms with Gasteiger partial charge in [-0.2, -0.15) is 0 Å². The summed E-state index contributed by atoms with van der Waals surface area (Å²) in [4.78, 5) is 24.3. The van der Waals surface area contributed by atoms with Gasteiger partial charge in [0.15, 0.2) is 5.82 Å². The molecule has 1 aromatic heterocycles. The zero-order valence-corrected chi connectivity index (χ0v) is 15.5. The Morgan fingerprint density at radius 2 is 1.88 bits per heavy atom. The van der Waals surface area contributed by atoms with Crippen LogP contribution in [-0.4, -0.2) is 34.0 Å². The van der Waals surface area contributed by atoms with E-state index in [1.54, 1.807) is 0 Å². The van der Waals surface area contributed by atoms with E-state index < -0.39 is 7.60 Å². The molecule has 1 aromatic carbocycles. The third kappa shape index (κ3) is 4.20. The molecule has 136 valence electrons. The van der Waals surface area contributed by atoms with Crippen LogP contribution < -0.4 is 4.90 Å². The van der Waals surface area contributed by atoms with Crippen LogP contribution in [0.1, 0.15) is 30.4 Å². The molecule has 0 radical (unpaired) electrons. The van der Waals surface area contributed by atoms with Crippen molar-refractivity contribution in [3.63, 3.8) is 0 Å². The topological polar surface area (TPSA) is 73.7 Å². The average Bonchev–Trinajstić information content (AvgIpc) is 2.55. The van der Waals surface area contributed by atoms with Gasteiger partial charge in [-0.25, -0.2) is 4.39 Å². The van der Waals surface area contributed by atoms with E-state index in [-0.39, 0.29) is 17.9 Å². The van der Waals surface area contributed by atoms with Crippen molar-refractivity contribution in [3.05, 3.63) is 35.3 Å². The number of hydrogen-bond donors (Lipinski definition) is 2. The van der Waals surface area contributed by atoms with Crippen molar-refractivity contribution in [1.82, 2.24) is 4.98 Å². The summed E-state index contributed by atoms with van der Waals surface area (Å²) in [6, 6.07) is 3.98. The molecule has 0 spiro atoms. The quantitative estimate of drug-likeness (QED) is 0.806. The normalized spacial score (nSPS) is 16.6. The molecule has 0 unspecified atom stereocenters. The number of nitrogens with zero attached hydrogens (tertiary/aromatic N) is 2. The Hall–Kier alpha value is -1.49. The summed E-state index contributed by atoms with van der Waals surface area (Å²) in [5.41, 5.74) is 3.64. The van der Waals surface area contributed by atoms with Crippen LogP contribution in [0.25, 0.3) is 10.9 Å². The molecule has 0 aliphatic carbocycles. The first-order chi connectivity index (χ1) is 11.7. The third-order valence-electron chi connectivity index (χ3n) is 5.17. The standard InChI is InChI=1S/C18H24FN2O3P/c1-12-9-15-17(10-13(12)2)20-11-16(19)18(15)21-6-3-14(4-7-21)5-8-25(22,23)24/h9-11,14H,3-8H2,1-2H3,(H2,22,23,24). The van der Waals surface area contributed by atoms with Crippen molar-refractivity contribution >= 4 is 24.2 Å². The van der Waals surface area contributed by atoms with Crippen molar-refractivity contribution in [3.8, 4) is 0 Å². The Morgan fingerprint density at radius 1 is 1.24 bits per heavy atom. The molecule has 2 N–H and O–H groups in total. The first kappa shape index (κ1) is 18.3. The molecule has 0 saturated carbocycles. The lowest BCUT2D eigenvalue weighted by Gasteiger charge is -2.34. The molecular weight excluding hydrogens is 342 g/mol. The average molecular weight is 366 g/mol. The molecule has 25 heavy (non-hydrogen) atoms. The van der Waals surface area contributed by atoms with Crippen molar-refractivity contribution in [2.75, 3.05) is 24.2 Å². The van der Waals surface area contributed by atoms with E-state index in [1.807, 2.05) is 30.9 Å². The van der Waals surface area contributed by atoms with E-state index in [1.165, 1.54) is 6.20 Å². The minimum Gasteiger partial charge on any atom is -0.369 e. The zero-order chi connectivity index (χ0) is 18.2. The predicted molar refractivity (Wildman–Crippen MR) is 97.6 cm³/mol. The number of benzene rings is 1. The number of halogens is 1. The number of hydrogen-bond acceptors (Lipinski definition) is 3. The van der Waals surface area contributed by atoms with Crippen LogP contribution in [0.5, 0.6) is 0 Å². The molecule has 7 heteroatoms. The number of piperidine rings is 1. The summed E-state index contributed by atoms with van der Waals surface area (Å²) in [5, 5.41) is 0.830. The van der Waals surface area contributed by atoms with Crippen LogP contribution in [-0.2, 0) is 4.57 Å². The zero-order valence-electron chi connectivity index (χ0n) is 14.6.